The monoisotopic (exact) mass is 322 g/mol. The van der Waals surface area contributed by atoms with Crippen LogP contribution in [0.2, 0.25) is 0 Å². The summed E-state index contributed by atoms with van der Waals surface area (Å²) in [4.78, 5) is 0. The van der Waals surface area contributed by atoms with Crippen molar-refractivity contribution in [1.82, 2.24) is 0 Å². The fourth-order valence-corrected chi connectivity index (χ4v) is 4.77. The molecule has 20 heavy (non-hydrogen) atoms. The summed E-state index contributed by atoms with van der Waals surface area (Å²) < 4.78 is 22.5. The molecule has 0 bridgehead atoms. The lowest BCUT2D eigenvalue weighted by atomic mass is 10.0. The minimum absolute atomic E-state index is 0.245. The van der Waals surface area contributed by atoms with E-state index in [0.29, 0.717) is 11.0 Å². The maximum Gasteiger partial charge on any atom is 0.543 e. The molecule has 0 N–H and O–H groups in total. The molecule has 0 aromatic rings. The van der Waals surface area contributed by atoms with Crippen molar-refractivity contribution in [3.8, 4) is 0 Å². The molecule has 0 radical (unpaired) electrons. The van der Waals surface area contributed by atoms with Gasteiger partial charge in [-0.3, -0.25) is 0 Å². The topological polar surface area (TPSA) is 36.9 Å². The van der Waals surface area contributed by atoms with Crippen molar-refractivity contribution in [2.24, 2.45) is 5.92 Å². The number of unbranched alkanes of at least 4 members (excludes halogenated alkanes) is 1. The van der Waals surface area contributed by atoms with Gasteiger partial charge in [0.15, 0.2) is 10.8 Å². The molecule has 0 saturated heterocycles. The van der Waals surface area contributed by atoms with Crippen LogP contribution in [0.15, 0.2) is 0 Å². The fraction of sp³-hybridized carbons (Fsp3) is 0.929. The highest BCUT2D eigenvalue weighted by molar-refractivity contribution is 7.80. The summed E-state index contributed by atoms with van der Waals surface area (Å²) in [5.41, 5.74) is -0.245. The van der Waals surface area contributed by atoms with Crippen LogP contribution in [-0.4, -0.2) is 40.9 Å². The Morgan fingerprint density at radius 2 is 1.55 bits per heavy atom. The third-order valence-corrected chi connectivity index (χ3v) is 7.06. The zero-order valence-electron chi connectivity index (χ0n) is 13.7. The Morgan fingerprint density at radius 3 is 1.90 bits per heavy atom. The van der Waals surface area contributed by atoms with Crippen molar-refractivity contribution >= 4 is 26.1 Å². The third-order valence-electron chi connectivity index (χ3n) is 3.61. The molecule has 0 spiro atoms. The average Bonchev–Trinajstić information content (AvgIpc) is 2.48. The van der Waals surface area contributed by atoms with Crippen LogP contribution >= 0.6 is 12.2 Å². The van der Waals surface area contributed by atoms with Crippen LogP contribution in [0.1, 0.15) is 52.9 Å². The van der Waals surface area contributed by atoms with Crippen LogP contribution in [-0.2, 0) is 18.0 Å². The molecule has 2 atom stereocenters. The number of hydrogen-bond donors (Lipinski definition) is 0. The number of hydrogen-bond acceptors (Lipinski definition) is 5. The van der Waals surface area contributed by atoms with Crippen molar-refractivity contribution in [1.29, 1.82) is 0 Å². The van der Waals surface area contributed by atoms with E-state index < -0.39 is 8.80 Å². The summed E-state index contributed by atoms with van der Waals surface area (Å²) >= 11 is 5.48. The van der Waals surface area contributed by atoms with Crippen molar-refractivity contribution in [2.75, 3.05) is 21.3 Å². The van der Waals surface area contributed by atoms with Gasteiger partial charge in [-0.25, -0.2) is 0 Å². The highest BCUT2D eigenvalue weighted by Crippen LogP contribution is 2.23. The van der Waals surface area contributed by atoms with Crippen LogP contribution in [0.3, 0.4) is 0 Å². The van der Waals surface area contributed by atoms with Crippen LogP contribution < -0.4 is 0 Å². The quantitative estimate of drug-likeness (QED) is 0.428. The molecular weight excluding hydrogens is 292 g/mol. The van der Waals surface area contributed by atoms with Gasteiger partial charge < -0.3 is 18.0 Å². The van der Waals surface area contributed by atoms with E-state index in [1.165, 1.54) is 12.8 Å². The minimum atomic E-state index is -2.81. The van der Waals surface area contributed by atoms with E-state index in [-0.39, 0.29) is 5.73 Å². The Hall–Kier alpha value is -0.0131. The van der Waals surface area contributed by atoms with E-state index in [1.807, 2.05) is 6.92 Å². The molecule has 0 aliphatic heterocycles. The molecule has 4 nitrogen and oxygen atoms in total. The average molecular weight is 323 g/mol. The van der Waals surface area contributed by atoms with Gasteiger partial charge in [-0.05, 0) is 31.5 Å². The molecule has 0 amide bonds. The van der Waals surface area contributed by atoms with Crippen LogP contribution in [0.4, 0.5) is 0 Å². The summed E-state index contributed by atoms with van der Waals surface area (Å²) in [6, 6.07) is 0. The second kappa shape index (κ2) is 10.7. The van der Waals surface area contributed by atoms with E-state index in [9.17, 15) is 0 Å². The molecule has 0 rings (SSSR count). The van der Waals surface area contributed by atoms with E-state index in [0.717, 1.165) is 19.3 Å². The summed E-state index contributed by atoms with van der Waals surface area (Å²) in [6.07, 6.45) is 5.15. The molecule has 0 aromatic heterocycles. The number of thiocarbonyl (C=S) groups is 1. The van der Waals surface area contributed by atoms with Crippen molar-refractivity contribution in [3.63, 3.8) is 0 Å². The van der Waals surface area contributed by atoms with Crippen molar-refractivity contribution < 1.29 is 18.0 Å². The van der Waals surface area contributed by atoms with Crippen LogP contribution in [0.25, 0.3) is 0 Å². The smallest absolute Gasteiger partial charge is 0.479 e. The molecule has 0 aromatic carbocycles. The molecule has 0 aliphatic carbocycles. The Balaban J connectivity index is 4.80. The third kappa shape index (κ3) is 5.41. The Bertz CT molecular complexity index is 264. The number of rotatable bonds is 11. The van der Waals surface area contributed by atoms with E-state index in [1.54, 1.807) is 21.3 Å². The first-order valence-corrected chi connectivity index (χ1v) is 9.61. The predicted octanol–water partition coefficient (Wildman–Crippen LogP) is 3.74. The molecule has 0 aliphatic rings. The zero-order valence-corrected chi connectivity index (χ0v) is 15.5. The Labute approximate surface area is 130 Å². The highest BCUT2D eigenvalue weighted by atomic mass is 32.1. The second-order valence-electron chi connectivity index (χ2n) is 4.80. The first kappa shape index (κ1) is 20.0. The van der Waals surface area contributed by atoms with Gasteiger partial charge in [-0.1, -0.05) is 33.6 Å². The maximum atomic E-state index is 6.01. The van der Waals surface area contributed by atoms with Crippen molar-refractivity contribution in [3.05, 3.63) is 0 Å². The molecule has 2 unspecified atom stereocenters. The molecule has 6 heteroatoms. The summed E-state index contributed by atoms with van der Waals surface area (Å²) in [6.45, 7) is 6.36. The Kier molecular flexibility index (Phi) is 10.7. The van der Waals surface area contributed by atoms with E-state index in [2.05, 4.69) is 13.8 Å². The number of ether oxygens (including phenoxy) is 1. The van der Waals surface area contributed by atoms with Gasteiger partial charge in [0.05, 0.1) is 0 Å². The van der Waals surface area contributed by atoms with Crippen LogP contribution in [0.5, 0.6) is 0 Å². The molecule has 0 saturated carbocycles. The van der Waals surface area contributed by atoms with Crippen LogP contribution in [0, 0.1) is 5.92 Å². The van der Waals surface area contributed by atoms with Gasteiger partial charge >= 0.3 is 8.80 Å². The molecule has 0 heterocycles. The van der Waals surface area contributed by atoms with Crippen molar-refractivity contribution in [2.45, 2.75) is 58.6 Å². The van der Waals surface area contributed by atoms with E-state index in [4.69, 9.17) is 30.2 Å². The summed E-state index contributed by atoms with van der Waals surface area (Å²) in [5, 5.41) is 0.663. The predicted molar refractivity (Wildman–Crippen MR) is 87.8 cm³/mol. The molecule has 0 fully saturated rings. The molecular formula is C14H30O4SSi. The molecule has 120 valence electrons. The normalized spacial score (nSPS) is 14.9. The lowest BCUT2D eigenvalue weighted by Crippen LogP contribution is -2.56. The fourth-order valence-electron chi connectivity index (χ4n) is 2.23. The lowest BCUT2D eigenvalue weighted by molar-refractivity contribution is 0.0608. The minimum Gasteiger partial charge on any atom is -0.479 e. The first-order chi connectivity index (χ1) is 9.54. The standard InChI is InChI=1S/C14H30O4SSi/c1-7-10-11-12(8-2)14(19)18-13(9-3)20(15-4,16-5)17-6/h12-13H,7-11H2,1-6H3. The Morgan fingerprint density at radius 1 is 1.00 bits per heavy atom. The zero-order chi connectivity index (χ0) is 15.6. The summed E-state index contributed by atoms with van der Waals surface area (Å²) in [7, 11) is 1.99. The second-order valence-corrected chi connectivity index (χ2v) is 8.28. The maximum absolute atomic E-state index is 6.01. The van der Waals surface area contributed by atoms with Gasteiger partial charge in [0.1, 0.15) is 0 Å². The SMILES string of the molecule is CCCCC(CC)C(=S)OC(CC)[Si](OC)(OC)OC. The van der Waals surface area contributed by atoms with Gasteiger partial charge in [-0.15, -0.1) is 0 Å². The highest BCUT2D eigenvalue weighted by Gasteiger charge is 2.49. The first-order valence-electron chi connectivity index (χ1n) is 7.40. The van der Waals surface area contributed by atoms with Gasteiger partial charge in [0.2, 0.25) is 0 Å². The van der Waals surface area contributed by atoms with Gasteiger partial charge in [-0.2, -0.15) is 0 Å². The largest absolute Gasteiger partial charge is 0.543 e. The van der Waals surface area contributed by atoms with E-state index >= 15 is 0 Å². The van der Waals surface area contributed by atoms with Gasteiger partial charge in [0, 0.05) is 27.2 Å². The summed E-state index contributed by atoms with van der Waals surface area (Å²) in [5.74, 6) is 0.316. The van der Waals surface area contributed by atoms with Gasteiger partial charge in [0.25, 0.3) is 0 Å². The lowest BCUT2D eigenvalue weighted by Gasteiger charge is -2.33.